The predicted molar refractivity (Wildman–Crippen MR) is 130 cm³/mol. The van der Waals surface area contributed by atoms with E-state index in [9.17, 15) is 14.9 Å². The van der Waals surface area contributed by atoms with Crippen molar-refractivity contribution in [3.63, 3.8) is 0 Å². The van der Waals surface area contributed by atoms with Gasteiger partial charge in [0, 0.05) is 50.2 Å². The second-order valence-corrected chi connectivity index (χ2v) is 7.80. The van der Waals surface area contributed by atoms with Crippen LogP contribution in [0.5, 0.6) is 0 Å². The Bertz CT molecular complexity index is 1190. The van der Waals surface area contributed by atoms with Crippen LogP contribution in [0.1, 0.15) is 0 Å². The number of rotatable bonds is 8. The van der Waals surface area contributed by atoms with Gasteiger partial charge in [-0.15, -0.1) is 0 Å². The quantitative estimate of drug-likeness (QED) is 0.256. The monoisotopic (exact) mass is 463 g/mol. The highest BCUT2D eigenvalue weighted by Crippen LogP contribution is 2.31. The highest BCUT2D eigenvalue weighted by atomic mass is 16.6. The number of carbonyl (C=O) groups excluding carboxylic acids is 1. The number of nitrogen functional groups attached to an aromatic ring is 1. The Morgan fingerprint density at radius 1 is 1.09 bits per heavy atom. The van der Waals surface area contributed by atoms with Crippen molar-refractivity contribution in [2.24, 2.45) is 0 Å². The molecule has 4 N–H and O–H groups in total. The summed E-state index contributed by atoms with van der Waals surface area (Å²) in [5, 5.41) is 17.2. The zero-order valence-electron chi connectivity index (χ0n) is 18.6. The molecule has 0 spiro atoms. The number of nitrogens with two attached hydrogens (primary N) is 1. The molecule has 3 aromatic heterocycles. The van der Waals surface area contributed by atoms with Crippen LogP contribution in [0.4, 0.5) is 28.8 Å². The number of amides is 1. The first kappa shape index (κ1) is 22.9. The smallest absolute Gasteiger partial charge is 0.311 e. The summed E-state index contributed by atoms with van der Waals surface area (Å²) >= 11 is 0. The summed E-state index contributed by atoms with van der Waals surface area (Å²) in [6.07, 6.45) is 3.42. The molecule has 1 saturated heterocycles. The molecule has 3 aromatic rings. The fraction of sp³-hybridized carbons (Fsp3) is 0.273. The second-order valence-electron chi connectivity index (χ2n) is 7.80. The Balaban J connectivity index is 1.46. The van der Waals surface area contributed by atoms with Crippen LogP contribution in [0.2, 0.25) is 0 Å². The van der Waals surface area contributed by atoms with E-state index in [1.54, 1.807) is 17.3 Å². The minimum atomic E-state index is -0.571. The maximum absolute atomic E-state index is 12.7. The first-order valence-electron chi connectivity index (χ1n) is 10.7. The van der Waals surface area contributed by atoms with Gasteiger partial charge in [0.2, 0.25) is 11.7 Å². The average molecular weight is 464 g/mol. The third kappa shape index (κ3) is 5.18. The number of nitrogens with one attached hydrogen (secondary N) is 2. The summed E-state index contributed by atoms with van der Waals surface area (Å²) in [5.74, 6) is 0.972. The van der Waals surface area contributed by atoms with Gasteiger partial charge < -0.3 is 21.3 Å². The lowest BCUT2D eigenvalue weighted by atomic mass is 10.1. The Hall–Kier alpha value is -4.32. The van der Waals surface area contributed by atoms with Crippen molar-refractivity contribution < 1.29 is 9.72 Å². The number of anilines is 4. The van der Waals surface area contributed by atoms with Gasteiger partial charge in [-0.3, -0.25) is 24.8 Å². The molecule has 4 heterocycles. The Morgan fingerprint density at radius 2 is 1.82 bits per heavy atom. The van der Waals surface area contributed by atoms with Gasteiger partial charge in [0.05, 0.1) is 22.8 Å². The van der Waals surface area contributed by atoms with Gasteiger partial charge >= 0.3 is 5.69 Å². The summed E-state index contributed by atoms with van der Waals surface area (Å²) < 4.78 is 0. The molecule has 0 radical (unpaired) electrons. The minimum Gasteiger partial charge on any atom is -0.378 e. The first-order valence-corrected chi connectivity index (χ1v) is 10.7. The lowest BCUT2D eigenvalue weighted by molar-refractivity contribution is -0.384. The number of nitrogens with zero attached hydrogens (tertiary/aromatic N) is 6. The van der Waals surface area contributed by atoms with E-state index in [2.05, 4.69) is 20.6 Å². The molecule has 0 atom stereocenters. The molecule has 0 bridgehead atoms. The highest BCUT2D eigenvalue weighted by molar-refractivity contribution is 5.99. The van der Waals surface area contributed by atoms with E-state index in [1.807, 2.05) is 36.2 Å². The second kappa shape index (κ2) is 10.1. The van der Waals surface area contributed by atoms with E-state index in [1.165, 1.54) is 12.1 Å². The fourth-order valence-corrected chi connectivity index (χ4v) is 3.63. The van der Waals surface area contributed by atoms with Gasteiger partial charge in [-0.2, -0.15) is 0 Å². The van der Waals surface area contributed by atoms with Crippen LogP contribution in [0, 0.1) is 10.1 Å². The number of hydrogen-bond donors (Lipinski definition) is 3. The van der Waals surface area contributed by atoms with Crippen LogP contribution in [-0.4, -0.2) is 70.5 Å². The molecule has 0 aliphatic carbocycles. The summed E-state index contributed by atoms with van der Waals surface area (Å²) in [4.78, 5) is 39.7. The molecule has 176 valence electrons. The third-order valence-corrected chi connectivity index (χ3v) is 5.35. The van der Waals surface area contributed by atoms with Gasteiger partial charge in [0.15, 0.2) is 0 Å². The van der Waals surface area contributed by atoms with E-state index < -0.39 is 4.92 Å². The van der Waals surface area contributed by atoms with Crippen molar-refractivity contribution >= 4 is 34.7 Å². The van der Waals surface area contributed by atoms with Gasteiger partial charge in [-0.1, -0.05) is 0 Å². The van der Waals surface area contributed by atoms with Crippen LogP contribution in [0.15, 0.2) is 48.8 Å². The van der Waals surface area contributed by atoms with Gasteiger partial charge in [-0.25, -0.2) is 9.97 Å². The molecular formula is C22H25N9O3. The van der Waals surface area contributed by atoms with E-state index in [-0.39, 0.29) is 17.4 Å². The molecular weight excluding hydrogens is 438 g/mol. The number of hydrogen-bond acceptors (Lipinski definition) is 10. The number of likely N-dealkylation sites (N-methyl/N-ethyl adjacent to an activating group) is 1. The maximum Gasteiger partial charge on any atom is 0.311 e. The molecule has 1 amide bonds. The van der Waals surface area contributed by atoms with Gasteiger partial charge in [0.25, 0.3) is 0 Å². The van der Waals surface area contributed by atoms with E-state index >= 15 is 0 Å². The number of aromatic nitrogens is 3. The Morgan fingerprint density at radius 3 is 2.47 bits per heavy atom. The molecule has 1 aliphatic heterocycles. The standard InChI is InChI=1S/C22H25N9O3/c1-29-11-12-30(20(32)14-29)16-4-6-18(27-21(16)15-3-2-8-24-13-15)25-9-10-26-19-7-5-17(31(33)34)22(23)28-19/h2-8,13H,9-12,14H2,1H3,(H,25,27)(H3,23,26,28). The van der Waals surface area contributed by atoms with Crippen molar-refractivity contribution in [3.05, 3.63) is 58.9 Å². The van der Waals surface area contributed by atoms with Crippen molar-refractivity contribution in [3.8, 4) is 11.3 Å². The number of carbonyl (C=O) groups is 1. The molecule has 0 aromatic carbocycles. The maximum atomic E-state index is 12.7. The number of piperazine rings is 1. The lowest BCUT2D eigenvalue weighted by Crippen LogP contribution is -2.49. The summed E-state index contributed by atoms with van der Waals surface area (Å²) in [5.41, 5.74) is 7.64. The molecule has 1 aliphatic rings. The SMILES string of the molecule is CN1CCN(c2ccc(NCCNc3ccc([N+](=O)[O-])c(N)n3)nc2-c2cccnc2)C(=O)C1. The third-order valence-electron chi connectivity index (χ3n) is 5.35. The van der Waals surface area contributed by atoms with Crippen molar-refractivity contribution in [1.82, 2.24) is 19.9 Å². The predicted octanol–water partition coefficient (Wildman–Crippen LogP) is 1.83. The summed E-state index contributed by atoms with van der Waals surface area (Å²) in [7, 11) is 1.93. The van der Waals surface area contributed by atoms with Crippen molar-refractivity contribution in [2.45, 2.75) is 0 Å². The fourth-order valence-electron chi connectivity index (χ4n) is 3.63. The zero-order chi connectivity index (χ0) is 24.1. The topological polar surface area (TPSA) is 155 Å². The van der Waals surface area contributed by atoms with Crippen molar-refractivity contribution in [2.75, 3.05) is 61.0 Å². The largest absolute Gasteiger partial charge is 0.378 e. The molecule has 0 unspecified atom stereocenters. The summed E-state index contributed by atoms with van der Waals surface area (Å²) in [6.45, 7) is 2.72. The normalized spacial score (nSPS) is 14.1. The highest BCUT2D eigenvalue weighted by Gasteiger charge is 2.26. The van der Waals surface area contributed by atoms with E-state index in [4.69, 9.17) is 10.7 Å². The van der Waals surface area contributed by atoms with Crippen molar-refractivity contribution in [1.29, 1.82) is 0 Å². The molecule has 0 saturated carbocycles. The first-order chi connectivity index (χ1) is 16.4. The van der Waals surface area contributed by atoms with Crippen LogP contribution in [-0.2, 0) is 4.79 Å². The molecule has 1 fully saturated rings. The number of pyridine rings is 3. The van der Waals surface area contributed by atoms with Crippen LogP contribution in [0.25, 0.3) is 11.3 Å². The average Bonchev–Trinajstić information content (AvgIpc) is 2.82. The minimum absolute atomic E-state index is 0.0282. The van der Waals surface area contributed by atoms with Crippen LogP contribution in [0.3, 0.4) is 0 Å². The zero-order valence-corrected chi connectivity index (χ0v) is 18.6. The summed E-state index contributed by atoms with van der Waals surface area (Å²) in [6, 6.07) is 10.3. The van der Waals surface area contributed by atoms with Gasteiger partial charge in [-0.05, 0) is 37.4 Å². The van der Waals surface area contributed by atoms with Crippen LogP contribution < -0.4 is 21.3 Å². The molecule has 4 rings (SSSR count). The molecule has 12 nitrogen and oxygen atoms in total. The number of nitro groups is 1. The van der Waals surface area contributed by atoms with Gasteiger partial charge in [0.1, 0.15) is 11.6 Å². The van der Waals surface area contributed by atoms with E-state index in [0.717, 1.165) is 17.8 Å². The molecule has 12 heteroatoms. The van der Waals surface area contributed by atoms with E-state index in [0.29, 0.717) is 43.5 Å². The molecule has 34 heavy (non-hydrogen) atoms. The Labute approximate surface area is 196 Å². The lowest BCUT2D eigenvalue weighted by Gasteiger charge is -2.33. The van der Waals surface area contributed by atoms with Crippen LogP contribution >= 0.6 is 0 Å². The Kier molecular flexibility index (Phi) is 6.78.